The molecule has 1 amide bonds. The average molecular weight is 303 g/mol. The van der Waals surface area contributed by atoms with E-state index in [4.69, 9.17) is 4.74 Å². The second kappa shape index (κ2) is 7.09. The van der Waals surface area contributed by atoms with Crippen LogP contribution in [0.3, 0.4) is 0 Å². The molecule has 0 aliphatic carbocycles. The number of amides is 1. The molecule has 1 aromatic rings. The van der Waals surface area contributed by atoms with Crippen molar-refractivity contribution < 1.29 is 9.53 Å². The molecule has 3 heterocycles. The van der Waals surface area contributed by atoms with Gasteiger partial charge in [0.15, 0.2) is 0 Å². The van der Waals surface area contributed by atoms with Crippen LogP contribution in [-0.4, -0.2) is 48.1 Å². The summed E-state index contributed by atoms with van der Waals surface area (Å²) in [5.41, 5.74) is 1.48. The van der Waals surface area contributed by atoms with Gasteiger partial charge in [-0.2, -0.15) is 0 Å². The van der Waals surface area contributed by atoms with Gasteiger partial charge in [-0.25, -0.2) is 4.98 Å². The van der Waals surface area contributed by atoms with Crippen LogP contribution in [0.2, 0.25) is 0 Å². The molecule has 5 heteroatoms. The number of carbonyl (C=O) groups excluding carboxylic acids is 1. The summed E-state index contributed by atoms with van der Waals surface area (Å²) in [6.45, 7) is 5.57. The fraction of sp³-hybridized carbons (Fsp3) is 0.647. The highest BCUT2D eigenvalue weighted by Crippen LogP contribution is 2.18. The Bertz CT molecular complexity index is 497. The van der Waals surface area contributed by atoms with Crippen LogP contribution in [0.1, 0.15) is 43.1 Å². The first-order chi connectivity index (χ1) is 10.7. The maximum atomic E-state index is 12.4. The van der Waals surface area contributed by atoms with Crippen molar-refractivity contribution in [1.82, 2.24) is 9.88 Å². The molecule has 0 spiro atoms. The van der Waals surface area contributed by atoms with Crippen LogP contribution in [0.5, 0.6) is 0 Å². The number of carbonyl (C=O) groups is 1. The van der Waals surface area contributed by atoms with Gasteiger partial charge in [0.2, 0.25) is 0 Å². The molecule has 22 heavy (non-hydrogen) atoms. The number of aromatic nitrogens is 1. The molecule has 2 fully saturated rings. The Labute approximate surface area is 132 Å². The minimum Gasteiger partial charge on any atom is -0.381 e. The summed E-state index contributed by atoms with van der Waals surface area (Å²) in [5, 5.41) is 3.33. The Hall–Kier alpha value is -1.62. The lowest BCUT2D eigenvalue weighted by atomic mass is 10.00. The van der Waals surface area contributed by atoms with E-state index in [1.807, 2.05) is 17.0 Å². The van der Waals surface area contributed by atoms with Gasteiger partial charge in [0, 0.05) is 26.2 Å². The zero-order valence-electron chi connectivity index (χ0n) is 13.3. The van der Waals surface area contributed by atoms with Crippen molar-refractivity contribution in [3.63, 3.8) is 0 Å². The number of ether oxygens (including phenoxy) is 1. The van der Waals surface area contributed by atoms with Crippen LogP contribution < -0.4 is 5.32 Å². The second-order valence-corrected chi connectivity index (χ2v) is 6.45. The fourth-order valence-electron chi connectivity index (χ4n) is 3.20. The summed E-state index contributed by atoms with van der Waals surface area (Å²) in [5.74, 6) is 0.641. The lowest BCUT2D eigenvalue weighted by Crippen LogP contribution is -2.39. The van der Waals surface area contributed by atoms with E-state index in [1.165, 1.54) is 6.42 Å². The standard InChI is InChI=1S/C17H25N3O2/c1-13-4-2-8-20(12-13)17(21)16-7-6-14(10-19-16)18-11-15-5-3-9-22-15/h6-7,10,13,15,18H,2-5,8-9,11-12H2,1H3. The maximum Gasteiger partial charge on any atom is 0.272 e. The van der Waals surface area contributed by atoms with E-state index in [2.05, 4.69) is 17.2 Å². The summed E-state index contributed by atoms with van der Waals surface area (Å²) in [4.78, 5) is 18.7. The average Bonchev–Trinajstić information content (AvgIpc) is 3.06. The Morgan fingerprint density at radius 2 is 2.32 bits per heavy atom. The zero-order chi connectivity index (χ0) is 15.4. The number of nitrogens with zero attached hydrogens (tertiary/aromatic N) is 2. The monoisotopic (exact) mass is 303 g/mol. The van der Waals surface area contributed by atoms with Crippen molar-refractivity contribution in [2.24, 2.45) is 5.92 Å². The van der Waals surface area contributed by atoms with Crippen LogP contribution in [0.4, 0.5) is 5.69 Å². The van der Waals surface area contributed by atoms with Crippen molar-refractivity contribution in [2.45, 2.75) is 38.7 Å². The molecule has 120 valence electrons. The molecule has 1 aromatic heterocycles. The van der Waals surface area contributed by atoms with Gasteiger partial charge >= 0.3 is 0 Å². The molecule has 2 atom stereocenters. The van der Waals surface area contributed by atoms with Gasteiger partial charge in [0.1, 0.15) is 5.69 Å². The predicted octanol–water partition coefficient (Wildman–Crippen LogP) is 2.54. The number of hydrogen-bond acceptors (Lipinski definition) is 4. The SMILES string of the molecule is CC1CCCN(C(=O)c2ccc(NCC3CCCO3)cn2)C1. The molecular formula is C17H25N3O2. The summed E-state index contributed by atoms with van der Waals surface area (Å²) in [6.07, 6.45) is 6.61. The Balaban J connectivity index is 1.54. The van der Waals surface area contributed by atoms with Gasteiger partial charge in [-0.05, 0) is 43.7 Å². The predicted molar refractivity (Wildman–Crippen MR) is 86.0 cm³/mol. The molecule has 2 aliphatic rings. The van der Waals surface area contributed by atoms with Crippen molar-refractivity contribution in [3.05, 3.63) is 24.0 Å². The van der Waals surface area contributed by atoms with E-state index < -0.39 is 0 Å². The molecule has 5 nitrogen and oxygen atoms in total. The Morgan fingerprint density at radius 3 is 3.00 bits per heavy atom. The van der Waals surface area contributed by atoms with Crippen molar-refractivity contribution >= 4 is 11.6 Å². The first-order valence-corrected chi connectivity index (χ1v) is 8.33. The highest BCUT2D eigenvalue weighted by atomic mass is 16.5. The minimum atomic E-state index is 0.0530. The summed E-state index contributed by atoms with van der Waals surface area (Å²) >= 11 is 0. The van der Waals surface area contributed by atoms with E-state index in [1.54, 1.807) is 6.20 Å². The third kappa shape index (κ3) is 3.77. The fourth-order valence-corrected chi connectivity index (χ4v) is 3.20. The molecule has 3 rings (SSSR count). The van der Waals surface area contributed by atoms with Gasteiger partial charge in [-0.3, -0.25) is 4.79 Å². The number of piperidine rings is 1. The Morgan fingerprint density at radius 1 is 1.41 bits per heavy atom. The number of likely N-dealkylation sites (tertiary alicyclic amines) is 1. The molecule has 0 aromatic carbocycles. The van der Waals surface area contributed by atoms with E-state index in [9.17, 15) is 4.79 Å². The van der Waals surface area contributed by atoms with Crippen LogP contribution >= 0.6 is 0 Å². The third-order valence-corrected chi connectivity index (χ3v) is 4.48. The maximum absolute atomic E-state index is 12.4. The molecule has 0 bridgehead atoms. The van der Waals surface area contributed by atoms with Gasteiger partial charge in [0.05, 0.1) is 18.0 Å². The normalized spacial score (nSPS) is 25.2. The number of rotatable bonds is 4. The highest BCUT2D eigenvalue weighted by Gasteiger charge is 2.22. The zero-order valence-corrected chi connectivity index (χ0v) is 13.3. The van der Waals surface area contributed by atoms with Crippen LogP contribution in [0.15, 0.2) is 18.3 Å². The van der Waals surface area contributed by atoms with E-state index in [0.29, 0.717) is 17.7 Å². The van der Waals surface area contributed by atoms with Crippen molar-refractivity contribution in [2.75, 3.05) is 31.6 Å². The summed E-state index contributed by atoms with van der Waals surface area (Å²) in [7, 11) is 0. The Kier molecular flexibility index (Phi) is 4.93. The van der Waals surface area contributed by atoms with Gasteiger partial charge in [-0.1, -0.05) is 6.92 Å². The lowest BCUT2D eigenvalue weighted by Gasteiger charge is -2.30. The second-order valence-electron chi connectivity index (χ2n) is 6.45. The quantitative estimate of drug-likeness (QED) is 0.929. The van der Waals surface area contributed by atoms with Crippen molar-refractivity contribution in [3.8, 4) is 0 Å². The number of nitrogens with one attached hydrogen (secondary N) is 1. The number of anilines is 1. The minimum absolute atomic E-state index is 0.0530. The van der Waals surface area contributed by atoms with Crippen LogP contribution in [0.25, 0.3) is 0 Å². The summed E-state index contributed by atoms with van der Waals surface area (Å²) < 4.78 is 5.58. The molecule has 0 saturated carbocycles. The molecule has 2 saturated heterocycles. The number of hydrogen-bond donors (Lipinski definition) is 1. The topological polar surface area (TPSA) is 54.5 Å². The van der Waals surface area contributed by atoms with E-state index >= 15 is 0 Å². The number of pyridine rings is 1. The van der Waals surface area contributed by atoms with Crippen LogP contribution in [-0.2, 0) is 4.74 Å². The first-order valence-electron chi connectivity index (χ1n) is 8.33. The molecule has 2 aliphatic heterocycles. The molecular weight excluding hydrogens is 278 g/mol. The lowest BCUT2D eigenvalue weighted by molar-refractivity contribution is 0.0677. The van der Waals surface area contributed by atoms with Crippen LogP contribution in [0, 0.1) is 5.92 Å². The largest absolute Gasteiger partial charge is 0.381 e. The molecule has 1 N–H and O–H groups in total. The summed E-state index contributed by atoms with van der Waals surface area (Å²) in [6, 6.07) is 3.75. The van der Waals surface area contributed by atoms with E-state index in [0.717, 1.165) is 51.2 Å². The molecule has 0 radical (unpaired) electrons. The van der Waals surface area contributed by atoms with Gasteiger partial charge in [-0.15, -0.1) is 0 Å². The van der Waals surface area contributed by atoms with Gasteiger partial charge in [0.25, 0.3) is 5.91 Å². The highest BCUT2D eigenvalue weighted by molar-refractivity contribution is 5.92. The first kappa shape index (κ1) is 15.3. The molecule has 2 unspecified atom stereocenters. The van der Waals surface area contributed by atoms with Crippen molar-refractivity contribution in [1.29, 1.82) is 0 Å². The van der Waals surface area contributed by atoms with Gasteiger partial charge < -0.3 is 15.0 Å². The van der Waals surface area contributed by atoms with E-state index in [-0.39, 0.29) is 5.91 Å². The third-order valence-electron chi connectivity index (χ3n) is 4.48. The smallest absolute Gasteiger partial charge is 0.272 e.